The van der Waals surface area contributed by atoms with E-state index in [1.54, 1.807) is 0 Å². The molecule has 0 aliphatic rings. The third-order valence-corrected chi connectivity index (χ3v) is 4.44. The standard InChI is InChI=1S/C16H14N2O3S/c1-9-3-4-10(2)11(5-9)12-7-22-15-14(12)16(21)18(8-17-15)6-13(19)20/h3-5,7-8H,6H2,1-2H3,(H,19,20). The summed E-state index contributed by atoms with van der Waals surface area (Å²) in [7, 11) is 0. The van der Waals surface area contributed by atoms with E-state index in [1.807, 2.05) is 37.4 Å². The van der Waals surface area contributed by atoms with Crippen molar-refractivity contribution in [1.29, 1.82) is 0 Å². The number of hydrogen-bond acceptors (Lipinski definition) is 4. The number of benzene rings is 1. The molecule has 0 saturated heterocycles. The molecule has 6 heteroatoms. The fourth-order valence-electron chi connectivity index (χ4n) is 2.45. The summed E-state index contributed by atoms with van der Waals surface area (Å²) >= 11 is 1.39. The lowest BCUT2D eigenvalue weighted by Gasteiger charge is -2.07. The van der Waals surface area contributed by atoms with E-state index in [2.05, 4.69) is 4.98 Å². The maximum Gasteiger partial charge on any atom is 0.323 e. The van der Waals surface area contributed by atoms with Gasteiger partial charge in [-0.3, -0.25) is 14.2 Å². The second-order valence-corrected chi connectivity index (χ2v) is 6.08. The molecule has 3 rings (SSSR count). The first kappa shape index (κ1) is 14.5. The van der Waals surface area contributed by atoms with Gasteiger partial charge < -0.3 is 5.11 Å². The van der Waals surface area contributed by atoms with E-state index in [0.717, 1.165) is 26.8 Å². The maximum atomic E-state index is 12.6. The zero-order valence-electron chi connectivity index (χ0n) is 12.2. The molecule has 0 aliphatic carbocycles. The number of rotatable bonds is 3. The van der Waals surface area contributed by atoms with Crippen LogP contribution < -0.4 is 5.56 Å². The van der Waals surface area contributed by atoms with Gasteiger partial charge >= 0.3 is 5.97 Å². The van der Waals surface area contributed by atoms with Crippen LogP contribution in [0, 0.1) is 13.8 Å². The zero-order valence-corrected chi connectivity index (χ0v) is 13.0. The molecule has 0 bridgehead atoms. The topological polar surface area (TPSA) is 72.2 Å². The average molecular weight is 314 g/mol. The van der Waals surface area contributed by atoms with Gasteiger partial charge in [-0.1, -0.05) is 23.8 Å². The Labute approximate surface area is 130 Å². The highest BCUT2D eigenvalue weighted by atomic mass is 32.1. The molecule has 0 aliphatic heterocycles. The Hall–Kier alpha value is -2.47. The number of thiophene rings is 1. The van der Waals surface area contributed by atoms with Gasteiger partial charge in [0.2, 0.25) is 0 Å². The van der Waals surface area contributed by atoms with Crippen LogP contribution in [0.3, 0.4) is 0 Å². The molecule has 2 aromatic heterocycles. The minimum Gasteiger partial charge on any atom is -0.480 e. The van der Waals surface area contributed by atoms with Crippen LogP contribution >= 0.6 is 11.3 Å². The Morgan fingerprint density at radius 2 is 2.09 bits per heavy atom. The maximum absolute atomic E-state index is 12.6. The lowest BCUT2D eigenvalue weighted by Crippen LogP contribution is -2.24. The molecule has 22 heavy (non-hydrogen) atoms. The summed E-state index contributed by atoms with van der Waals surface area (Å²) in [4.78, 5) is 28.3. The van der Waals surface area contributed by atoms with Crippen molar-refractivity contribution in [3.8, 4) is 11.1 Å². The van der Waals surface area contributed by atoms with Crippen LogP contribution in [0.4, 0.5) is 0 Å². The summed E-state index contributed by atoms with van der Waals surface area (Å²) in [6, 6.07) is 6.07. The van der Waals surface area contributed by atoms with Gasteiger partial charge in [0.15, 0.2) is 0 Å². The minimum atomic E-state index is -1.06. The molecule has 112 valence electrons. The fourth-order valence-corrected chi connectivity index (χ4v) is 3.35. The Kier molecular flexibility index (Phi) is 3.54. The van der Waals surface area contributed by atoms with Crippen LogP contribution in [-0.4, -0.2) is 20.6 Å². The van der Waals surface area contributed by atoms with Crippen molar-refractivity contribution in [2.75, 3.05) is 0 Å². The van der Waals surface area contributed by atoms with Gasteiger partial charge in [-0.05, 0) is 25.0 Å². The van der Waals surface area contributed by atoms with Crippen LogP contribution in [0.5, 0.6) is 0 Å². The molecule has 1 N–H and O–H groups in total. The third-order valence-electron chi connectivity index (χ3n) is 3.55. The summed E-state index contributed by atoms with van der Waals surface area (Å²) in [6.45, 7) is 3.60. The number of aromatic nitrogens is 2. The van der Waals surface area contributed by atoms with E-state index >= 15 is 0 Å². The van der Waals surface area contributed by atoms with E-state index in [9.17, 15) is 9.59 Å². The lowest BCUT2D eigenvalue weighted by molar-refractivity contribution is -0.137. The predicted octanol–water partition coefficient (Wildman–Crippen LogP) is 2.83. The first-order valence-electron chi connectivity index (χ1n) is 6.73. The Bertz CT molecular complexity index is 940. The molecule has 0 amide bonds. The van der Waals surface area contributed by atoms with Crippen LogP contribution in [-0.2, 0) is 11.3 Å². The minimum absolute atomic E-state index is 0.315. The van der Waals surface area contributed by atoms with Crippen molar-refractivity contribution >= 4 is 27.5 Å². The van der Waals surface area contributed by atoms with Gasteiger partial charge in [0, 0.05) is 10.9 Å². The Morgan fingerprint density at radius 1 is 1.32 bits per heavy atom. The Morgan fingerprint density at radius 3 is 2.82 bits per heavy atom. The van der Waals surface area contributed by atoms with Gasteiger partial charge in [-0.25, -0.2) is 4.98 Å². The number of aryl methyl sites for hydroxylation is 2. The van der Waals surface area contributed by atoms with Crippen molar-refractivity contribution in [2.24, 2.45) is 0 Å². The summed E-state index contributed by atoms with van der Waals surface area (Å²) in [6.07, 6.45) is 1.29. The number of fused-ring (bicyclic) bond motifs is 1. The predicted molar refractivity (Wildman–Crippen MR) is 86.4 cm³/mol. The van der Waals surface area contributed by atoms with Crippen LogP contribution in [0.1, 0.15) is 11.1 Å². The lowest BCUT2D eigenvalue weighted by atomic mass is 9.99. The molecule has 0 radical (unpaired) electrons. The summed E-state index contributed by atoms with van der Waals surface area (Å²) in [5, 5.41) is 11.3. The van der Waals surface area contributed by atoms with E-state index in [1.165, 1.54) is 17.7 Å². The van der Waals surface area contributed by atoms with Crippen molar-refractivity contribution < 1.29 is 9.90 Å². The van der Waals surface area contributed by atoms with E-state index < -0.39 is 5.97 Å². The van der Waals surface area contributed by atoms with Crippen LogP contribution in [0.2, 0.25) is 0 Å². The molecule has 0 fully saturated rings. The first-order valence-corrected chi connectivity index (χ1v) is 7.61. The van der Waals surface area contributed by atoms with E-state index in [4.69, 9.17) is 5.11 Å². The number of nitrogens with zero attached hydrogens (tertiary/aromatic N) is 2. The molecule has 3 aromatic rings. The molecule has 0 spiro atoms. The van der Waals surface area contributed by atoms with Crippen molar-refractivity contribution in [1.82, 2.24) is 9.55 Å². The van der Waals surface area contributed by atoms with Crippen molar-refractivity contribution in [2.45, 2.75) is 20.4 Å². The highest BCUT2D eigenvalue weighted by Gasteiger charge is 2.15. The fraction of sp³-hybridized carbons (Fsp3) is 0.188. The van der Waals surface area contributed by atoms with Gasteiger partial charge in [0.1, 0.15) is 11.4 Å². The smallest absolute Gasteiger partial charge is 0.323 e. The van der Waals surface area contributed by atoms with Gasteiger partial charge in [0.05, 0.1) is 11.7 Å². The largest absolute Gasteiger partial charge is 0.480 e. The normalized spacial score (nSPS) is 11.0. The van der Waals surface area contributed by atoms with Gasteiger partial charge in [-0.2, -0.15) is 0 Å². The number of carboxylic acid groups (broad SMARTS) is 1. The molecular formula is C16H14N2O3S. The van der Waals surface area contributed by atoms with Crippen molar-refractivity contribution in [3.05, 3.63) is 51.4 Å². The van der Waals surface area contributed by atoms with E-state index in [-0.39, 0.29) is 12.1 Å². The van der Waals surface area contributed by atoms with Gasteiger partial charge in [-0.15, -0.1) is 11.3 Å². The molecular weight excluding hydrogens is 300 g/mol. The highest BCUT2D eigenvalue weighted by molar-refractivity contribution is 7.17. The molecule has 1 aromatic carbocycles. The zero-order chi connectivity index (χ0) is 15.9. The number of aliphatic carboxylic acids is 1. The third kappa shape index (κ3) is 2.42. The molecule has 5 nitrogen and oxygen atoms in total. The molecule has 0 atom stereocenters. The highest BCUT2D eigenvalue weighted by Crippen LogP contribution is 2.33. The van der Waals surface area contributed by atoms with Crippen molar-refractivity contribution in [3.63, 3.8) is 0 Å². The summed E-state index contributed by atoms with van der Waals surface area (Å²) in [5.41, 5.74) is 3.66. The number of carboxylic acids is 1. The second kappa shape index (κ2) is 5.38. The average Bonchev–Trinajstić information content (AvgIpc) is 2.89. The Balaban J connectivity index is 2.29. The molecule has 2 heterocycles. The molecule has 0 saturated carbocycles. The van der Waals surface area contributed by atoms with Crippen LogP contribution in [0.15, 0.2) is 34.7 Å². The second-order valence-electron chi connectivity index (χ2n) is 5.22. The van der Waals surface area contributed by atoms with E-state index in [0.29, 0.717) is 10.2 Å². The first-order chi connectivity index (χ1) is 10.5. The number of carbonyl (C=O) groups is 1. The van der Waals surface area contributed by atoms with Crippen LogP contribution in [0.25, 0.3) is 21.3 Å². The molecule has 0 unspecified atom stereocenters. The SMILES string of the molecule is Cc1ccc(C)c(-c2csc3ncn(CC(=O)O)c(=O)c23)c1. The van der Waals surface area contributed by atoms with Gasteiger partial charge in [0.25, 0.3) is 5.56 Å². The summed E-state index contributed by atoms with van der Waals surface area (Å²) in [5.74, 6) is -1.06. The summed E-state index contributed by atoms with van der Waals surface area (Å²) < 4.78 is 1.13. The monoisotopic (exact) mass is 314 g/mol. The number of hydrogen-bond donors (Lipinski definition) is 1. The quantitative estimate of drug-likeness (QED) is 0.807.